The number of likely N-dealkylation sites (tertiary alicyclic amines) is 1. The fraction of sp³-hybridized carbons (Fsp3) is 0.571. The minimum atomic E-state index is -0.205. The van der Waals surface area contributed by atoms with Crippen LogP contribution < -0.4 is 5.73 Å². The highest BCUT2D eigenvalue weighted by molar-refractivity contribution is 6.31. The number of rotatable bonds is 2. The summed E-state index contributed by atoms with van der Waals surface area (Å²) in [5.41, 5.74) is 6.73. The molecule has 0 aromatic heterocycles. The molecule has 1 aliphatic heterocycles. The van der Waals surface area contributed by atoms with E-state index >= 15 is 0 Å². The Labute approximate surface area is 124 Å². The van der Waals surface area contributed by atoms with Crippen molar-refractivity contribution in [2.24, 2.45) is 17.6 Å². The minimum Gasteiger partial charge on any atom is -0.327 e. The van der Waals surface area contributed by atoms with Crippen molar-refractivity contribution in [1.29, 1.82) is 0 Å². The van der Waals surface area contributed by atoms with E-state index in [1.807, 2.05) is 0 Å². The topological polar surface area (TPSA) is 29.3 Å². The molecule has 106 valence electrons. The van der Waals surface area contributed by atoms with E-state index in [4.69, 9.17) is 17.3 Å². The molecule has 2 fully saturated rings. The van der Waals surface area contributed by atoms with E-state index < -0.39 is 0 Å². The molecular weight excluding hydrogens is 286 g/mol. The summed E-state index contributed by atoms with van der Waals surface area (Å²) in [6.45, 7) is 2.62. The van der Waals surface area contributed by atoms with Crippen LogP contribution in [0.25, 0.3) is 0 Å². The Hall–Kier alpha value is -0.350. The van der Waals surface area contributed by atoms with Crippen molar-refractivity contribution >= 4 is 24.0 Å². The van der Waals surface area contributed by atoms with E-state index in [9.17, 15) is 4.39 Å². The van der Waals surface area contributed by atoms with E-state index in [0.717, 1.165) is 19.5 Å². The van der Waals surface area contributed by atoms with Crippen molar-refractivity contribution < 1.29 is 4.39 Å². The van der Waals surface area contributed by atoms with E-state index in [-0.39, 0.29) is 18.2 Å². The summed E-state index contributed by atoms with van der Waals surface area (Å²) in [6, 6.07) is 5.21. The number of halogens is 3. The van der Waals surface area contributed by atoms with E-state index in [0.29, 0.717) is 35.0 Å². The molecule has 0 bridgehead atoms. The standard InChI is InChI=1S/C14H18ClFN2.ClH/c15-12-2-1-3-13(16)11(12)8-18-6-9-4-5-14(17)10(9)7-18;/h1-3,9-10,14H,4-8,17H2;1H. The zero-order valence-electron chi connectivity index (χ0n) is 10.7. The summed E-state index contributed by atoms with van der Waals surface area (Å²) in [4.78, 5) is 2.29. The Morgan fingerprint density at radius 2 is 2.11 bits per heavy atom. The van der Waals surface area contributed by atoms with Crippen LogP contribution in [-0.4, -0.2) is 24.0 Å². The van der Waals surface area contributed by atoms with Gasteiger partial charge in [-0.05, 0) is 36.8 Å². The van der Waals surface area contributed by atoms with Gasteiger partial charge < -0.3 is 5.73 Å². The highest BCUT2D eigenvalue weighted by atomic mass is 35.5. The molecule has 3 atom stereocenters. The monoisotopic (exact) mass is 304 g/mol. The molecule has 2 aliphatic rings. The fourth-order valence-electron chi connectivity index (χ4n) is 3.44. The molecule has 2 N–H and O–H groups in total. The number of nitrogens with two attached hydrogens (primary N) is 1. The van der Waals surface area contributed by atoms with Gasteiger partial charge in [-0.2, -0.15) is 0 Å². The van der Waals surface area contributed by atoms with Crippen LogP contribution in [0.1, 0.15) is 18.4 Å². The zero-order valence-corrected chi connectivity index (χ0v) is 12.3. The second-order valence-corrected chi connectivity index (χ2v) is 5.97. The van der Waals surface area contributed by atoms with Gasteiger partial charge in [0.2, 0.25) is 0 Å². The van der Waals surface area contributed by atoms with Crippen molar-refractivity contribution in [2.45, 2.75) is 25.4 Å². The fourth-order valence-corrected chi connectivity index (χ4v) is 3.66. The minimum absolute atomic E-state index is 0. The average molecular weight is 305 g/mol. The number of benzene rings is 1. The Morgan fingerprint density at radius 1 is 1.32 bits per heavy atom. The first-order valence-electron chi connectivity index (χ1n) is 6.56. The van der Waals surface area contributed by atoms with Crippen LogP contribution in [-0.2, 0) is 6.54 Å². The maximum Gasteiger partial charge on any atom is 0.129 e. The first-order chi connectivity index (χ1) is 8.65. The number of nitrogens with zero attached hydrogens (tertiary/aromatic N) is 1. The molecule has 1 saturated carbocycles. The third-order valence-corrected chi connectivity index (χ3v) is 4.79. The number of hydrogen-bond acceptors (Lipinski definition) is 2. The van der Waals surface area contributed by atoms with Gasteiger partial charge in [-0.25, -0.2) is 4.39 Å². The molecule has 1 saturated heterocycles. The van der Waals surface area contributed by atoms with Gasteiger partial charge in [-0.1, -0.05) is 17.7 Å². The Morgan fingerprint density at radius 3 is 2.79 bits per heavy atom. The molecule has 3 rings (SSSR count). The molecule has 1 aromatic rings. The molecule has 0 spiro atoms. The third kappa shape index (κ3) is 2.89. The molecule has 5 heteroatoms. The Kier molecular flexibility index (Phi) is 4.72. The molecule has 1 aromatic carbocycles. The zero-order chi connectivity index (χ0) is 12.7. The lowest BCUT2D eigenvalue weighted by molar-refractivity contribution is 0.294. The first kappa shape index (κ1) is 15.0. The van der Waals surface area contributed by atoms with Crippen LogP contribution in [0.3, 0.4) is 0 Å². The Bertz CT molecular complexity index is 435. The highest BCUT2D eigenvalue weighted by Gasteiger charge is 2.40. The normalized spacial score (nSPS) is 30.2. The maximum atomic E-state index is 13.7. The van der Waals surface area contributed by atoms with Crippen LogP contribution >= 0.6 is 24.0 Å². The molecule has 19 heavy (non-hydrogen) atoms. The SMILES string of the molecule is Cl.NC1CCC2CN(Cc3c(F)cccc3Cl)CC12. The predicted octanol–water partition coefficient (Wildman–Crippen LogP) is 3.07. The van der Waals surface area contributed by atoms with Crippen LogP contribution in [0.15, 0.2) is 18.2 Å². The largest absolute Gasteiger partial charge is 0.327 e. The van der Waals surface area contributed by atoms with Gasteiger partial charge in [-0.3, -0.25) is 4.90 Å². The Balaban J connectivity index is 0.00000133. The van der Waals surface area contributed by atoms with Gasteiger partial charge >= 0.3 is 0 Å². The lowest BCUT2D eigenvalue weighted by Gasteiger charge is -2.19. The summed E-state index contributed by atoms with van der Waals surface area (Å²) in [7, 11) is 0. The van der Waals surface area contributed by atoms with E-state index in [1.54, 1.807) is 12.1 Å². The van der Waals surface area contributed by atoms with Crippen LogP contribution in [0.4, 0.5) is 4.39 Å². The van der Waals surface area contributed by atoms with E-state index in [2.05, 4.69) is 4.90 Å². The predicted molar refractivity (Wildman–Crippen MR) is 78.1 cm³/mol. The van der Waals surface area contributed by atoms with Gasteiger partial charge in [0, 0.05) is 36.3 Å². The van der Waals surface area contributed by atoms with Crippen molar-refractivity contribution in [3.05, 3.63) is 34.6 Å². The van der Waals surface area contributed by atoms with Crippen molar-refractivity contribution in [3.8, 4) is 0 Å². The smallest absolute Gasteiger partial charge is 0.129 e. The quantitative estimate of drug-likeness (QED) is 0.910. The third-order valence-electron chi connectivity index (χ3n) is 4.43. The molecule has 1 heterocycles. The first-order valence-corrected chi connectivity index (χ1v) is 6.94. The summed E-state index contributed by atoms with van der Waals surface area (Å²) >= 11 is 6.07. The number of hydrogen-bond donors (Lipinski definition) is 1. The molecule has 2 nitrogen and oxygen atoms in total. The molecule has 3 unspecified atom stereocenters. The van der Waals surface area contributed by atoms with Crippen LogP contribution in [0.2, 0.25) is 5.02 Å². The van der Waals surface area contributed by atoms with Crippen molar-refractivity contribution in [3.63, 3.8) is 0 Å². The average Bonchev–Trinajstić information content (AvgIpc) is 2.87. The highest BCUT2D eigenvalue weighted by Crippen LogP contribution is 2.38. The van der Waals surface area contributed by atoms with Gasteiger partial charge in [0.1, 0.15) is 5.82 Å². The van der Waals surface area contributed by atoms with Gasteiger partial charge in [0.25, 0.3) is 0 Å². The molecular formula is C14H19Cl2FN2. The van der Waals surface area contributed by atoms with Crippen LogP contribution in [0.5, 0.6) is 0 Å². The molecule has 0 amide bonds. The summed E-state index contributed by atoms with van der Waals surface area (Å²) in [6.07, 6.45) is 2.36. The lowest BCUT2D eigenvalue weighted by atomic mass is 9.98. The summed E-state index contributed by atoms with van der Waals surface area (Å²) < 4.78 is 13.7. The summed E-state index contributed by atoms with van der Waals surface area (Å²) in [5.74, 6) is 1.09. The molecule has 1 aliphatic carbocycles. The van der Waals surface area contributed by atoms with Gasteiger partial charge in [-0.15, -0.1) is 12.4 Å². The van der Waals surface area contributed by atoms with Gasteiger partial charge in [0.05, 0.1) is 0 Å². The number of fused-ring (bicyclic) bond motifs is 1. The van der Waals surface area contributed by atoms with Crippen molar-refractivity contribution in [2.75, 3.05) is 13.1 Å². The summed E-state index contributed by atoms with van der Waals surface area (Å²) in [5, 5.41) is 0.524. The van der Waals surface area contributed by atoms with E-state index in [1.165, 1.54) is 12.5 Å². The second-order valence-electron chi connectivity index (χ2n) is 5.56. The maximum absolute atomic E-state index is 13.7. The van der Waals surface area contributed by atoms with Crippen LogP contribution in [0, 0.1) is 17.7 Å². The van der Waals surface area contributed by atoms with Gasteiger partial charge in [0.15, 0.2) is 0 Å². The molecule has 0 radical (unpaired) electrons. The second kappa shape index (κ2) is 5.96. The lowest BCUT2D eigenvalue weighted by Crippen LogP contribution is -2.30. The van der Waals surface area contributed by atoms with Crippen molar-refractivity contribution in [1.82, 2.24) is 4.90 Å².